The second kappa shape index (κ2) is 11.4. The van der Waals surface area contributed by atoms with Crippen molar-refractivity contribution in [3.63, 3.8) is 0 Å². The third-order valence-electron chi connectivity index (χ3n) is 6.67. The molecule has 206 valence electrons. The average Bonchev–Trinajstić information content (AvgIpc) is 3.23. The Labute approximate surface area is 246 Å². The van der Waals surface area contributed by atoms with Gasteiger partial charge in [-0.15, -0.1) is 0 Å². The van der Waals surface area contributed by atoms with Gasteiger partial charge in [-0.05, 0) is 92.3 Å². The van der Waals surface area contributed by atoms with Gasteiger partial charge >= 0.3 is 5.97 Å². The minimum atomic E-state index is -1.14. The van der Waals surface area contributed by atoms with Crippen LogP contribution in [-0.4, -0.2) is 32.6 Å². The van der Waals surface area contributed by atoms with E-state index in [0.29, 0.717) is 22.9 Å². The highest BCUT2D eigenvalue weighted by Crippen LogP contribution is 2.28. The Morgan fingerprint density at radius 3 is 2.44 bits per heavy atom. The number of carboxylic acids is 1. The maximum absolute atomic E-state index is 13.5. The van der Waals surface area contributed by atoms with E-state index >= 15 is 0 Å². The van der Waals surface area contributed by atoms with Gasteiger partial charge in [0.05, 0.1) is 11.3 Å². The number of aromatic carboxylic acids is 1. The first-order chi connectivity index (χ1) is 19.6. The van der Waals surface area contributed by atoms with E-state index in [2.05, 4.69) is 5.32 Å². The fourth-order valence-corrected chi connectivity index (χ4v) is 5.10. The number of benzene rings is 3. The normalized spacial score (nSPS) is 14.4. The molecule has 0 atom stereocenters. The lowest BCUT2D eigenvalue weighted by Crippen LogP contribution is -2.54. The minimum absolute atomic E-state index is 0.00985. The molecule has 3 aromatic carbocycles. The Bertz CT molecular complexity index is 1740. The number of anilines is 1. The van der Waals surface area contributed by atoms with E-state index in [9.17, 15) is 19.5 Å². The largest absolute Gasteiger partial charge is 0.489 e. The van der Waals surface area contributed by atoms with Crippen LogP contribution >= 0.6 is 23.8 Å². The molecule has 2 amide bonds. The molecular weight excluding hydrogens is 562 g/mol. The number of hydrogen-bond donors (Lipinski definition) is 2. The molecular formula is C31H24ClN3O5S. The van der Waals surface area contributed by atoms with Gasteiger partial charge in [-0.1, -0.05) is 35.9 Å². The number of nitrogens with zero attached hydrogens (tertiary/aromatic N) is 2. The zero-order valence-electron chi connectivity index (χ0n) is 22.1. The van der Waals surface area contributed by atoms with E-state index < -0.39 is 17.8 Å². The van der Waals surface area contributed by atoms with E-state index in [4.69, 9.17) is 28.6 Å². The summed E-state index contributed by atoms with van der Waals surface area (Å²) >= 11 is 11.5. The van der Waals surface area contributed by atoms with Crippen molar-refractivity contribution in [2.75, 3.05) is 4.90 Å². The van der Waals surface area contributed by atoms with Crippen LogP contribution in [0.4, 0.5) is 5.69 Å². The van der Waals surface area contributed by atoms with Crippen LogP contribution in [0.15, 0.2) is 84.4 Å². The number of carbonyl (C=O) groups excluding carboxylic acids is 2. The van der Waals surface area contributed by atoms with E-state index in [1.54, 1.807) is 6.07 Å². The number of nitrogens with one attached hydrogen (secondary N) is 1. The van der Waals surface area contributed by atoms with Crippen LogP contribution < -0.4 is 15.0 Å². The van der Waals surface area contributed by atoms with Crippen LogP contribution in [0.5, 0.6) is 5.75 Å². The molecule has 41 heavy (non-hydrogen) atoms. The van der Waals surface area contributed by atoms with Crippen molar-refractivity contribution in [2.24, 2.45) is 0 Å². The van der Waals surface area contributed by atoms with Crippen molar-refractivity contribution in [3.8, 4) is 11.4 Å². The highest BCUT2D eigenvalue weighted by atomic mass is 35.5. The predicted octanol–water partition coefficient (Wildman–Crippen LogP) is 5.86. The van der Waals surface area contributed by atoms with Gasteiger partial charge in [-0.2, -0.15) is 0 Å². The summed E-state index contributed by atoms with van der Waals surface area (Å²) in [6, 6.07) is 22.8. The molecule has 4 aromatic rings. The summed E-state index contributed by atoms with van der Waals surface area (Å²) in [5, 5.41) is 12.4. The van der Waals surface area contributed by atoms with Gasteiger partial charge in [-0.3, -0.25) is 19.8 Å². The Morgan fingerprint density at radius 1 is 1.00 bits per heavy atom. The highest BCUT2D eigenvalue weighted by molar-refractivity contribution is 7.80. The zero-order valence-corrected chi connectivity index (χ0v) is 23.6. The number of thiocarbonyl (C=S) groups is 1. The fourth-order valence-electron chi connectivity index (χ4n) is 4.62. The van der Waals surface area contributed by atoms with Crippen molar-refractivity contribution in [3.05, 3.63) is 118 Å². The second-order valence-electron chi connectivity index (χ2n) is 9.35. The number of hydrogen-bond acceptors (Lipinski definition) is 5. The van der Waals surface area contributed by atoms with Crippen LogP contribution in [0.1, 0.15) is 32.9 Å². The van der Waals surface area contributed by atoms with E-state index in [1.807, 2.05) is 73.0 Å². The first-order valence-electron chi connectivity index (χ1n) is 12.5. The molecule has 1 aliphatic heterocycles. The third kappa shape index (κ3) is 5.63. The maximum atomic E-state index is 13.5. The lowest BCUT2D eigenvalue weighted by molar-refractivity contribution is -0.122. The van der Waals surface area contributed by atoms with Gasteiger partial charge in [0.15, 0.2) is 5.11 Å². The van der Waals surface area contributed by atoms with E-state index in [1.165, 1.54) is 24.3 Å². The first kappa shape index (κ1) is 27.8. The highest BCUT2D eigenvalue weighted by Gasteiger charge is 2.35. The Hall–Kier alpha value is -4.73. The molecule has 2 heterocycles. The number of carboxylic acid groups (broad SMARTS) is 1. The molecule has 0 saturated carbocycles. The standard InChI is InChI=1S/C31H24ClN3O5S/c1-18-14-22(16-26-28(36)33-31(41)35(29(26)37)24-8-5-7-20(15-24)30(38)39)19(2)34(18)23-10-12-25(13-11-23)40-17-21-6-3-4-9-27(21)32/h3-16H,17H2,1-2H3,(H,38,39)(H,33,36,41). The van der Waals surface area contributed by atoms with Crippen LogP contribution in [-0.2, 0) is 16.2 Å². The molecule has 1 fully saturated rings. The summed E-state index contributed by atoms with van der Waals surface area (Å²) < 4.78 is 7.90. The summed E-state index contributed by atoms with van der Waals surface area (Å²) in [7, 11) is 0. The summed E-state index contributed by atoms with van der Waals surface area (Å²) in [6.07, 6.45) is 1.52. The Kier molecular flexibility index (Phi) is 7.74. The monoisotopic (exact) mass is 585 g/mol. The molecule has 1 saturated heterocycles. The average molecular weight is 586 g/mol. The molecule has 0 radical (unpaired) electrons. The van der Waals surface area contributed by atoms with E-state index in [-0.39, 0.29) is 21.9 Å². The van der Waals surface area contributed by atoms with Crippen LogP contribution in [0.25, 0.3) is 11.8 Å². The molecule has 10 heteroatoms. The number of rotatable bonds is 7. The molecule has 0 aliphatic carbocycles. The third-order valence-corrected chi connectivity index (χ3v) is 7.32. The first-order valence-corrected chi connectivity index (χ1v) is 13.3. The van der Waals surface area contributed by atoms with Gasteiger partial charge in [0.2, 0.25) is 0 Å². The Balaban J connectivity index is 1.41. The fraction of sp³-hybridized carbons (Fsp3) is 0.0968. The molecule has 8 nitrogen and oxygen atoms in total. The second-order valence-corrected chi connectivity index (χ2v) is 10.1. The molecule has 0 bridgehead atoms. The smallest absolute Gasteiger partial charge is 0.335 e. The van der Waals surface area contributed by atoms with Crippen molar-refractivity contribution < 1.29 is 24.2 Å². The van der Waals surface area contributed by atoms with Gasteiger partial charge in [0, 0.05) is 27.7 Å². The number of halogens is 1. The number of aromatic nitrogens is 1. The zero-order chi connectivity index (χ0) is 29.3. The summed E-state index contributed by atoms with van der Waals surface area (Å²) in [5.41, 5.74) is 4.26. The predicted molar refractivity (Wildman–Crippen MR) is 161 cm³/mol. The van der Waals surface area contributed by atoms with Gasteiger partial charge < -0.3 is 14.4 Å². The van der Waals surface area contributed by atoms with Crippen LogP contribution in [0, 0.1) is 13.8 Å². The molecule has 0 unspecified atom stereocenters. The molecule has 1 aliphatic rings. The van der Waals surface area contributed by atoms with Crippen molar-refractivity contribution in [1.29, 1.82) is 0 Å². The lowest BCUT2D eigenvalue weighted by Gasteiger charge is -2.29. The van der Waals surface area contributed by atoms with Gasteiger partial charge in [0.1, 0.15) is 17.9 Å². The molecule has 5 rings (SSSR count). The van der Waals surface area contributed by atoms with Crippen molar-refractivity contribution >= 4 is 58.5 Å². The van der Waals surface area contributed by atoms with Gasteiger partial charge in [-0.25, -0.2) is 4.79 Å². The summed E-state index contributed by atoms with van der Waals surface area (Å²) in [5.74, 6) is -1.73. The van der Waals surface area contributed by atoms with Crippen molar-refractivity contribution in [2.45, 2.75) is 20.5 Å². The lowest BCUT2D eigenvalue weighted by atomic mass is 10.1. The number of carbonyl (C=O) groups is 3. The minimum Gasteiger partial charge on any atom is -0.489 e. The maximum Gasteiger partial charge on any atom is 0.335 e. The topological polar surface area (TPSA) is 101 Å². The Morgan fingerprint density at radius 2 is 1.73 bits per heavy atom. The number of amides is 2. The molecule has 2 N–H and O–H groups in total. The molecule has 0 spiro atoms. The van der Waals surface area contributed by atoms with Crippen molar-refractivity contribution in [1.82, 2.24) is 9.88 Å². The number of ether oxygens (including phenoxy) is 1. The quantitative estimate of drug-likeness (QED) is 0.160. The van der Waals surface area contributed by atoms with E-state index in [0.717, 1.165) is 27.5 Å². The summed E-state index contributed by atoms with van der Waals surface area (Å²) in [6.45, 7) is 4.17. The van der Waals surface area contributed by atoms with Crippen LogP contribution in [0.3, 0.4) is 0 Å². The number of aryl methyl sites for hydroxylation is 1. The SMILES string of the molecule is Cc1cc(C=C2C(=O)NC(=S)N(c3cccc(C(=O)O)c3)C2=O)c(C)n1-c1ccc(OCc2ccccc2Cl)cc1. The van der Waals surface area contributed by atoms with Crippen LogP contribution in [0.2, 0.25) is 5.02 Å². The van der Waals surface area contributed by atoms with Gasteiger partial charge in [0.25, 0.3) is 11.8 Å². The molecule has 1 aromatic heterocycles. The summed E-state index contributed by atoms with van der Waals surface area (Å²) in [4.78, 5) is 38.8.